The lowest BCUT2D eigenvalue weighted by molar-refractivity contribution is -0.0693. The summed E-state index contributed by atoms with van der Waals surface area (Å²) < 4.78 is 10.8. The van der Waals surface area contributed by atoms with E-state index in [1.165, 1.54) is 55.5 Å². The van der Waals surface area contributed by atoms with Gasteiger partial charge in [0.05, 0.1) is 22.3 Å². The Morgan fingerprint density at radius 3 is 1.19 bits per heavy atom. The van der Waals surface area contributed by atoms with Crippen molar-refractivity contribution in [1.82, 2.24) is 0 Å². The highest BCUT2D eigenvalue weighted by Gasteiger charge is 2.26. The fraction of sp³-hybridized carbons (Fsp3) is 0.263. The van der Waals surface area contributed by atoms with Gasteiger partial charge in [0.25, 0.3) is 0 Å². The Morgan fingerprint density at radius 2 is 0.875 bits per heavy atom. The molecule has 0 saturated carbocycles. The molecule has 0 aliphatic rings. The molecule has 0 atom stereocenters. The van der Waals surface area contributed by atoms with E-state index in [0.29, 0.717) is 0 Å². The second kappa shape index (κ2) is 15.8. The molecule has 10 nitrogen and oxygen atoms in total. The molecule has 250 valence electrons. The van der Waals surface area contributed by atoms with Gasteiger partial charge in [-0.3, -0.25) is 9.59 Å². The SMILES string of the molecule is CCN(CC)c1ccc(C(=O)c2ccccc2C(=O)OC(C)OC(=O)c2ccccc2C(=O)c2ccc(N(CC)CC)cc2O)c(O)c1. The van der Waals surface area contributed by atoms with Gasteiger partial charge in [0.2, 0.25) is 6.29 Å². The van der Waals surface area contributed by atoms with Crippen LogP contribution in [0.1, 0.15) is 87.2 Å². The molecule has 0 aliphatic heterocycles. The highest BCUT2D eigenvalue weighted by Crippen LogP contribution is 2.30. The summed E-state index contributed by atoms with van der Waals surface area (Å²) in [6.45, 7) is 12.1. The third-order valence-electron chi connectivity index (χ3n) is 8.04. The van der Waals surface area contributed by atoms with Crippen molar-refractivity contribution in [1.29, 1.82) is 0 Å². The van der Waals surface area contributed by atoms with Gasteiger partial charge in [0, 0.05) is 67.7 Å². The van der Waals surface area contributed by atoms with Crippen LogP contribution in [0, 0.1) is 0 Å². The summed E-state index contributed by atoms with van der Waals surface area (Å²) in [6, 6.07) is 21.5. The smallest absolute Gasteiger partial charge is 0.341 e. The van der Waals surface area contributed by atoms with E-state index in [4.69, 9.17) is 9.47 Å². The molecule has 0 unspecified atom stereocenters. The molecule has 0 radical (unpaired) electrons. The number of anilines is 2. The Labute approximate surface area is 280 Å². The average Bonchev–Trinajstić information content (AvgIpc) is 3.09. The minimum atomic E-state index is -1.40. The zero-order chi connectivity index (χ0) is 35.0. The number of phenols is 2. The predicted octanol–water partition coefficient (Wildman–Crippen LogP) is 6.61. The molecule has 4 aromatic rings. The van der Waals surface area contributed by atoms with Crippen LogP contribution in [0.2, 0.25) is 0 Å². The van der Waals surface area contributed by atoms with E-state index < -0.39 is 29.8 Å². The van der Waals surface area contributed by atoms with Crippen molar-refractivity contribution in [2.75, 3.05) is 36.0 Å². The number of hydrogen-bond acceptors (Lipinski definition) is 10. The molecule has 0 aromatic heterocycles. The van der Waals surface area contributed by atoms with Gasteiger partial charge in [0.1, 0.15) is 11.5 Å². The van der Waals surface area contributed by atoms with Crippen LogP contribution in [-0.2, 0) is 9.47 Å². The fourth-order valence-corrected chi connectivity index (χ4v) is 5.46. The van der Waals surface area contributed by atoms with Gasteiger partial charge in [-0.15, -0.1) is 0 Å². The van der Waals surface area contributed by atoms with Gasteiger partial charge in [-0.05, 0) is 64.1 Å². The van der Waals surface area contributed by atoms with E-state index in [2.05, 4.69) is 0 Å². The van der Waals surface area contributed by atoms with Crippen molar-refractivity contribution in [3.8, 4) is 11.5 Å². The molecule has 48 heavy (non-hydrogen) atoms. The number of aromatic hydroxyl groups is 2. The van der Waals surface area contributed by atoms with Crippen LogP contribution >= 0.6 is 0 Å². The van der Waals surface area contributed by atoms with Crippen molar-refractivity contribution in [2.24, 2.45) is 0 Å². The topological polar surface area (TPSA) is 134 Å². The number of phenolic OH excluding ortho intramolecular Hbond substituents is 2. The molecule has 10 heteroatoms. The number of carbonyl (C=O) groups is 4. The van der Waals surface area contributed by atoms with Crippen LogP contribution in [0.5, 0.6) is 11.5 Å². The number of carbonyl (C=O) groups excluding carboxylic acids is 4. The number of esters is 2. The Bertz CT molecular complexity index is 1680. The van der Waals surface area contributed by atoms with Crippen LogP contribution in [0.3, 0.4) is 0 Å². The Morgan fingerprint density at radius 1 is 0.542 bits per heavy atom. The van der Waals surface area contributed by atoms with Gasteiger partial charge in [-0.1, -0.05) is 36.4 Å². The summed E-state index contributed by atoms with van der Waals surface area (Å²) in [5, 5.41) is 21.4. The summed E-state index contributed by atoms with van der Waals surface area (Å²) in [7, 11) is 0. The molecule has 0 fully saturated rings. The Balaban J connectivity index is 1.50. The molecular weight excluding hydrogens is 612 g/mol. The minimum absolute atomic E-state index is 0.00493. The Hall–Kier alpha value is -5.64. The molecule has 0 spiro atoms. The number of rotatable bonds is 14. The molecule has 0 amide bonds. The van der Waals surface area contributed by atoms with Crippen LogP contribution in [0.4, 0.5) is 11.4 Å². The van der Waals surface area contributed by atoms with E-state index in [0.717, 1.165) is 37.6 Å². The van der Waals surface area contributed by atoms with Crippen molar-refractivity contribution in [2.45, 2.75) is 40.9 Å². The summed E-state index contributed by atoms with van der Waals surface area (Å²) in [5.74, 6) is -3.48. The summed E-state index contributed by atoms with van der Waals surface area (Å²) in [4.78, 5) is 57.4. The summed E-state index contributed by atoms with van der Waals surface area (Å²) in [6.07, 6.45) is -1.40. The number of ketones is 2. The van der Waals surface area contributed by atoms with E-state index in [-0.39, 0.29) is 44.9 Å². The molecule has 0 bridgehead atoms. The number of benzene rings is 4. The molecule has 2 N–H and O–H groups in total. The first-order valence-electron chi connectivity index (χ1n) is 15.9. The van der Waals surface area contributed by atoms with Gasteiger partial charge in [-0.2, -0.15) is 0 Å². The molecule has 0 heterocycles. The normalized spacial score (nSPS) is 10.8. The highest BCUT2D eigenvalue weighted by atomic mass is 16.7. The molecule has 4 aromatic carbocycles. The third kappa shape index (κ3) is 7.66. The highest BCUT2D eigenvalue weighted by molar-refractivity contribution is 6.16. The molecule has 4 rings (SSSR count). The van der Waals surface area contributed by atoms with Gasteiger partial charge in [0.15, 0.2) is 11.6 Å². The summed E-state index contributed by atoms with van der Waals surface area (Å²) >= 11 is 0. The lowest BCUT2D eigenvalue weighted by atomic mass is 9.97. The maximum atomic E-state index is 13.5. The fourth-order valence-electron chi connectivity index (χ4n) is 5.46. The van der Waals surface area contributed by atoms with Crippen LogP contribution in [0.15, 0.2) is 84.9 Å². The molecule has 0 saturated heterocycles. The third-order valence-corrected chi connectivity index (χ3v) is 8.04. The first-order chi connectivity index (χ1) is 23.0. The standard InChI is InChI=1S/C38H40N2O8/c1-6-39(7-2)25-18-20-31(33(41)22-25)35(43)27-14-10-12-16-29(27)37(45)47-24(5)48-38(46)30-17-13-11-15-28(30)36(44)32-21-19-26(23-34(32)42)40(8-3)9-4/h10-24,41-42H,6-9H2,1-5H3. The predicted molar refractivity (Wildman–Crippen MR) is 183 cm³/mol. The van der Waals surface area contributed by atoms with Gasteiger partial charge in [-0.25, -0.2) is 9.59 Å². The van der Waals surface area contributed by atoms with Crippen molar-refractivity contribution < 1.29 is 38.9 Å². The van der Waals surface area contributed by atoms with E-state index >= 15 is 0 Å². The number of hydrogen-bond donors (Lipinski definition) is 2. The number of ether oxygens (including phenoxy) is 2. The molecule has 0 aliphatic carbocycles. The van der Waals surface area contributed by atoms with Gasteiger partial charge < -0.3 is 29.5 Å². The quantitative estimate of drug-likeness (QED) is 0.0871. The van der Waals surface area contributed by atoms with Crippen LogP contribution < -0.4 is 9.80 Å². The first kappa shape index (κ1) is 35.2. The lowest BCUT2D eigenvalue weighted by Crippen LogP contribution is -2.24. The maximum absolute atomic E-state index is 13.5. The van der Waals surface area contributed by atoms with Crippen molar-refractivity contribution in [3.63, 3.8) is 0 Å². The van der Waals surface area contributed by atoms with Crippen LogP contribution in [-0.4, -0.2) is 66.2 Å². The minimum Gasteiger partial charge on any atom is -0.507 e. The first-order valence-corrected chi connectivity index (χ1v) is 15.9. The largest absolute Gasteiger partial charge is 0.507 e. The monoisotopic (exact) mass is 652 g/mol. The molecular formula is C38H40N2O8. The Kier molecular flexibility index (Phi) is 11.6. The van der Waals surface area contributed by atoms with Gasteiger partial charge >= 0.3 is 11.9 Å². The van der Waals surface area contributed by atoms with Crippen molar-refractivity contribution >= 4 is 34.9 Å². The maximum Gasteiger partial charge on any atom is 0.341 e. The van der Waals surface area contributed by atoms with Crippen LogP contribution in [0.25, 0.3) is 0 Å². The second-order valence-electron chi connectivity index (χ2n) is 10.9. The van der Waals surface area contributed by atoms with E-state index in [9.17, 15) is 29.4 Å². The second-order valence-corrected chi connectivity index (χ2v) is 10.9. The summed E-state index contributed by atoms with van der Waals surface area (Å²) in [5.41, 5.74) is 1.36. The van der Waals surface area contributed by atoms with Crippen molar-refractivity contribution in [3.05, 3.63) is 118 Å². The van der Waals surface area contributed by atoms with E-state index in [1.807, 2.05) is 37.5 Å². The zero-order valence-electron chi connectivity index (χ0n) is 27.7. The van der Waals surface area contributed by atoms with E-state index in [1.54, 1.807) is 36.4 Å². The lowest BCUT2D eigenvalue weighted by Gasteiger charge is -2.21. The number of nitrogens with zero attached hydrogens (tertiary/aromatic N) is 2. The zero-order valence-corrected chi connectivity index (χ0v) is 27.7. The average molecular weight is 653 g/mol.